The Labute approximate surface area is 124 Å². The summed E-state index contributed by atoms with van der Waals surface area (Å²) in [7, 11) is -2.81. The van der Waals surface area contributed by atoms with E-state index in [1.807, 2.05) is 19.1 Å². The Hall–Kier alpha value is -0.290. The van der Waals surface area contributed by atoms with Gasteiger partial charge in [0.15, 0.2) is 0 Å². The maximum Gasteiger partial charge on any atom is 0.150 e. The van der Waals surface area contributed by atoms with Gasteiger partial charge < -0.3 is 5.32 Å². The predicted octanol–water partition coefficient (Wildman–Crippen LogP) is 3.22. The number of hydrogen-bond donors (Lipinski definition) is 1. The fraction of sp³-hybridized carbons (Fsp3) is 0.538. The number of hydrogen-bond acceptors (Lipinski definition) is 3. The molecule has 106 valence electrons. The van der Waals surface area contributed by atoms with E-state index in [1.54, 1.807) is 6.07 Å². The van der Waals surface area contributed by atoms with Crippen molar-refractivity contribution in [3.8, 4) is 0 Å². The Morgan fingerprint density at radius 1 is 1.21 bits per heavy atom. The Kier molecular flexibility index (Phi) is 4.77. The predicted molar refractivity (Wildman–Crippen MR) is 79.7 cm³/mol. The van der Waals surface area contributed by atoms with Crippen LogP contribution >= 0.6 is 23.2 Å². The first kappa shape index (κ1) is 15.1. The molecule has 0 radical (unpaired) electrons. The smallest absolute Gasteiger partial charge is 0.150 e. The molecule has 1 heterocycles. The van der Waals surface area contributed by atoms with Crippen molar-refractivity contribution in [1.29, 1.82) is 0 Å². The second-order valence-electron chi connectivity index (χ2n) is 4.99. The van der Waals surface area contributed by atoms with Crippen molar-refractivity contribution in [3.63, 3.8) is 0 Å². The summed E-state index contributed by atoms with van der Waals surface area (Å²) < 4.78 is 22.7. The first-order valence-corrected chi connectivity index (χ1v) is 8.86. The highest BCUT2D eigenvalue weighted by Gasteiger charge is 2.24. The van der Waals surface area contributed by atoms with Crippen LogP contribution < -0.4 is 5.32 Å². The van der Waals surface area contributed by atoms with Crippen molar-refractivity contribution >= 4 is 33.0 Å². The second-order valence-corrected chi connectivity index (χ2v) is 8.11. The standard InChI is InChI=1S/C13H17Cl2NO2S/c1-9(10-2-3-12(14)13(15)8-10)16-11-4-6-19(17,18)7-5-11/h2-3,8-9,11,16H,4-7H2,1H3. The van der Waals surface area contributed by atoms with Crippen LogP contribution in [0.15, 0.2) is 18.2 Å². The summed E-state index contributed by atoms with van der Waals surface area (Å²) in [6.07, 6.45) is 1.35. The summed E-state index contributed by atoms with van der Waals surface area (Å²) in [6.45, 7) is 2.04. The van der Waals surface area contributed by atoms with Crippen LogP contribution in [0.3, 0.4) is 0 Å². The molecule has 0 aliphatic carbocycles. The summed E-state index contributed by atoms with van der Waals surface area (Å²) in [4.78, 5) is 0. The van der Waals surface area contributed by atoms with E-state index in [4.69, 9.17) is 23.2 Å². The number of rotatable bonds is 3. The van der Waals surface area contributed by atoms with Gasteiger partial charge in [-0.3, -0.25) is 0 Å². The molecule has 1 unspecified atom stereocenters. The van der Waals surface area contributed by atoms with E-state index in [1.165, 1.54) is 0 Å². The molecule has 19 heavy (non-hydrogen) atoms. The monoisotopic (exact) mass is 321 g/mol. The van der Waals surface area contributed by atoms with Gasteiger partial charge in [-0.15, -0.1) is 0 Å². The Balaban J connectivity index is 1.97. The fourth-order valence-electron chi connectivity index (χ4n) is 2.29. The maximum atomic E-state index is 11.4. The van der Waals surface area contributed by atoms with Gasteiger partial charge in [-0.25, -0.2) is 8.42 Å². The minimum absolute atomic E-state index is 0.126. The highest BCUT2D eigenvalue weighted by molar-refractivity contribution is 7.91. The zero-order valence-electron chi connectivity index (χ0n) is 10.7. The average molecular weight is 322 g/mol. The van der Waals surface area contributed by atoms with Gasteiger partial charge in [-0.1, -0.05) is 29.3 Å². The number of benzene rings is 1. The minimum atomic E-state index is -2.81. The SMILES string of the molecule is CC(NC1CCS(=O)(=O)CC1)c1ccc(Cl)c(Cl)c1. The van der Waals surface area contributed by atoms with E-state index in [-0.39, 0.29) is 23.6 Å². The molecule has 3 nitrogen and oxygen atoms in total. The molecule has 6 heteroatoms. The third-order valence-electron chi connectivity index (χ3n) is 3.48. The highest BCUT2D eigenvalue weighted by Crippen LogP contribution is 2.26. The minimum Gasteiger partial charge on any atom is -0.307 e. The zero-order chi connectivity index (χ0) is 14.0. The van der Waals surface area contributed by atoms with E-state index in [9.17, 15) is 8.42 Å². The second kappa shape index (κ2) is 6.00. The molecule has 0 amide bonds. The van der Waals surface area contributed by atoms with E-state index in [2.05, 4.69) is 5.32 Å². The molecule has 1 fully saturated rings. The molecule has 0 saturated carbocycles. The number of halogens is 2. The van der Waals surface area contributed by atoms with Crippen molar-refractivity contribution in [1.82, 2.24) is 5.32 Å². The van der Waals surface area contributed by atoms with Crippen molar-refractivity contribution in [2.45, 2.75) is 31.8 Å². The van der Waals surface area contributed by atoms with Crippen LogP contribution in [0.5, 0.6) is 0 Å². The number of sulfone groups is 1. The summed E-state index contributed by atoms with van der Waals surface area (Å²) in [5, 5.41) is 4.54. The third kappa shape index (κ3) is 4.09. The first-order chi connectivity index (χ1) is 8.87. The van der Waals surface area contributed by atoms with Crippen LogP contribution in [0.1, 0.15) is 31.4 Å². The number of nitrogens with one attached hydrogen (secondary N) is 1. The molecule has 1 aliphatic rings. The normalized spacial score (nSPS) is 21.2. The Morgan fingerprint density at radius 3 is 2.42 bits per heavy atom. The van der Waals surface area contributed by atoms with E-state index in [0.717, 1.165) is 5.56 Å². The Bertz CT molecular complexity index is 546. The summed E-state index contributed by atoms with van der Waals surface area (Å²) >= 11 is 11.9. The topological polar surface area (TPSA) is 46.2 Å². The van der Waals surface area contributed by atoms with Gasteiger partial charge in [0.25, 0.3) is 0 Å². The van der Waals surface area contributed by atoms with E-state index in [0.29, 0.717) is 22.9 Å². The Morgan fingerprint density at radius 2 is 1.84 bits per heavy atom. The molecular formula is C13H17Cl2NO2S. The fourth-order valence-corrected chi connectivity index (χ4v) is 4.09. The summed E-state index contributed by atoms with van der Waals surface area (Å²) in [5.41, 5.74) is 1.06. The summed E-state index contributed by atoms with van der Waals surface area (Å²) in [6, 6.07) is 5.93. The van der Waals surface area contributed by atoms with Crippen LogP contribution in [0.4, 0.5) is 0 Å². The van der Waals surface area contributed by atoms with Crippen molar-refractivity contribution in [2.75, 3.05) is 11.5 Å². The van der Waals surface area contributed by atoms with Gasteiger partial charge in [0, 0.05) is 12.1 Å². The molecule has 1 N–H and O–H groups in total. The molecule has 0 spiro atoms. The van der Waals surface area contributed by atoms with Gasteiger partial charge in [-0.05, 0) is 37.5 Å². The lowest BCUT2D eigenvalue weighted by molar-refractivity contribution is 0.420. The molecule has 0 bridgehead atoms. The first-order valence-electron chi connectivity index (χ1n) is 6.29. The van der Waals surface area contributed by atoms with Gasteiger partial charge >= 0.3 is 0 Å². The molecule has 1 aliphatic heterocycles. The molecule has 0 aromatic heterocycles. The molecule has 1 aromatic rings. The van der Waals surface area contributed by atoms with Crippen LogP contribution in [-0.4, -0.2) is 26.0 Å². The van der Waals surface area contributed by atoms with E-state index < -0.39 is 9.84 Å². The summed E-state index contributed by atoms with van der Waals surface area (Å²) in [5.74, 6) is 0.553. The van der Waals surface area contributed by atoms with Gasteiger partial charge in [0.05, 0.1) is 21.6 Å². The zero-order valence-corrected chi connectivity index (χ0v) is 13.0. The van der Waals surface area contributed by atoms with Crippen LogP contribution in [0.25, 0.3) is 0 Å². The van der Waals surface area contributed by atoms with Crippen LogP contribution in [0, 0.1) is 0 Å². The van der Waals surface area contributed by atoms with Crippen molar-refractivity contribution in [2.24, 2.45) is 0 Å². The van der Waals surface area contributed by atoms with Gasteiger partial charge in [0.1, 0.15) is 9.84 Å². The average Bonchev–Trinajstić information content (AvgIpc) is 2.35. The van der Waals surface area contributed by atoms with Gasteiger partial charge in [0.2, 0.25) is 0 Å². The van der Waals surface area contributed by atoms with Crippen LogP contribution in [-0.2, 0) is 9.84 Å². The molecular weight excluding hydrogens is 305 g/mol. The van der Waals surface area contributed by atoms with E-state index >= 15 is 0 Å². The van der Waals surface area contributed by atoms with Crippen LogP contribution in [0.2, 0.25) is 10.0 Å². The van der Waals surface area contributed by atoms with Crippen molar-refractivity contribution in [3.05, 3.63) is 33.8 Å². The molecule has 1 aromatic carbocycles. The lowest BCUT2D eigenvalue weighted by Crippen LogP contribution is -2.38. The maximum absolute atomic E-state index is 11.4. The molecule has 2 rings (SSSR count). The quantitative estimate of drug-likeness (QED) is 0.929. The van der Waals surface area contributed by atoms with Crippen molar-refractivity contribution < 1.29 is 8.42 Å². The molecule has 1 saturated heterocycles. The largest absolute Gasteiger partial charge is 0.307 e. The lowest BCUT2D eigenvalue weighted by Gasteiger charge is -2.27. The lowest BCUT2D eigenvalue weighted by atomic mass is 10.1. The highest BCUT2D eigenvalue weighted by atomic mass is 35.5. The molecule has 1 atom stereocenters. The van der Waals surface area contributed by atoms with Gasteiger partial charge in [-0.2, -0.15) is 0 Å². The third-order valence-corrected chi connectivity index (χ3v) is 5.94.